The molecule has 1 aromatic heterocycles. The van der Waals surface area contributed by atoms with E-state index in [9.17, 15) is 4.79 Å². The summed E-state index contributed by atoms with van der Waals surface area (Å²) in [6.45, 7) is 6.27. The van der Waals surface area contributed by atoms with Crippen LogP contribution in [0.2, 0.25) is 0 Å². The molecule has 1 heterocycles. The highest BCUT2D eigenvalue weighted by atomic mass is 16.6. The van der Waals surface area contributed by atoms with Gasteiger partial charge in [-0.1, -0.05) is 0 Å². The van der Waals surface area contributed by atoms with Gasteiger partial charge in [-0.15, -0.1) is 0 Å². The largest absolute Gasteiger partial charge is 0.447 e. The van der Waals surface area contributed by atoms with Crippen molar-refractivity contribution in [1.82, 2.24) is 15.5 Å². The van der Waals surface area contributed by atoms with Crippen molar-refractivity contribution >= 4 is 6.09 Å². The summed E-state index contributed by atoms with van der Waals surface area (Å²) >= 11 is 0. The van der Waals surface area contributed by atoms with Crippen molar-refractivity contribution in [3.63, 3.8) is 0 Å². The third-order valence-corrected chi connectivity index (χ3v) is 2.17. The highest BCUT2D eigenvalue weighted by molar-refractivity contribution is 5.67. The molecule has 2 N–H and O–H groups in total. The SMILES string of the molecule is Cc1[nH]ncc1CCCNC(=O)OC(C)C. The minimum atomic E-state index is -0.348. The zero-order valence-corrected chi connectivity index (χ0v) is 10.0. The number of rotatable bonds is 5. The Balaban J connectivity index is 2.13. The number of carbonyl (C=O) groups is 1. The second-order valence-corrected chi connectivity index (χ2v) is 4.00. The second kappa shape index (κ2) is 6.15. The number of alkyl carbamates (subject to hydrolysis) is 1. The number of carbonyl (C=O) groups excluding carboxylic acids is 1. The first-order chi connectivity index (χ1) is 7.59. The predicted octanol–water partition coefficient (Wildman–Crippen LogP) is 1.79. The van der Waals surface area contributed by atoms with Crippen LogP contribution in [0.1, 0.15) is 31.5 Å². The summed E-state index contributed by atoms with van der Waals surface area (Å²) in [6, 6.07) is 0. The van der Waals surface area contributed by atoms with Crippen LogP contribution in [-0.4, -0.2) is 28.9 Å². The maximum absolute atomic E-state index is 11.1. The topological polar surface area (TPSA) is 67.0 Å². The van der Waals surface area contributed by atoms with Crippen LogP contribution in [0.25, 0.3) is 0 Å². The van der Waals surface area contributed by atoms with Gasteiger partial charge in [0.25, 0.3) is 0 Å². The molecule has 1 amide bonds. The molecular formula is C11H19N3O2. The Labute approximate surface area is 95.6 Å². The second-order valence-electron chi connectivity index (χ2n) is 4.00. The highest BCUT2D eigenvalue weighted by Crippen LogP contribution is 2.04. The van der Waals surface area contributed by atoms with Gasteiger partial charge in [-0.3, -0.25) is 5.10 Å². The van der Waals surface area contributed by atoms with Crippen LogP contribution in [0.15, 0.2) is 6.20 Å². The van der Waals surface area contributed by atoms with Gasteiger partial charge in [-0.05, 0) is 39.2 Å². The summed E-state index contributed by atoms with van der Waals surface area (Å²) in [4.78, 5) is 11.1. The molecule has 90 valence electrons. The van der Waals surface area contributed by atoms with Crippen LogP contribution in [0.4, 0.5) is 4.79 Å². The molecule has 0 radical (unpaired) electrons. The summed E-state index contributed by atoms with van der Waals surface area (Å²) in [7, 11) is 0. The summed E-state index contributed by atoms with van der Waals surface area (Å²) in [5.74, 6) is 0. The van der Waals surface area contributed by atoms with E-state index in [1.54, 1.807) is 0 Å². The number of aryl methyl sites for hydroxylation is 2. The number of hydrogen-bond acceptors (Lipinski definition) is 3. The fraction of sp³-hybridized carbons (Fsp3) is 0.636. The average Bonchev–Trinajstić information content (AvgIpc) is 2.58. The van der Waals surface area contributed by atoms with Gasteiger partial charge in [0.2, 0.25) is 0 Å². The minimum absolute atomic E-state index is 0.0730. The Bertz CT molecular complexity index is 334. The standard InChI is InChI=1S/C11H19N3O2/c1-8(2)16-11(15)12-6-4-5-10-7-13-14-9(10)3/h7-8H,4-6H2,1-3H3,(H,12,15)(H,13,14). The Morgan fingerprint density at radius 2 is 2.38 bits per heavy atom. The van der Waals surface area contributed by atoms with Crippen molar-refractivity contribution < 1.29 is 9.53 Å². The van der Waals surface area contributed by atoms with E-state index in [1.807, 2.05) is 27.0 Å². The Morgan fingerprint density at radius 1 is 1.62 bits per heavy atom. The highest BCUT2D eigenvalue weighted by Gasteiger charge is 2.04. The van der Waals surface area contributed by atoms with Crippen LogP contribution in [-0.2, 0) is 11.2 Å². The summed E-state index contributed by atoms with van der Waals surface area (Å²) in [5.41, 5.74) is 2.28. The summed E-state index contributed by atoms with van der Waals surface area (Å²) in [6.07, 6.45) is 3.19. The molecule has 0 aliphatic carbocycles. The molecule has 5 heteroatoms. The van der Waals surface area contributed by atoms with Gasteiger partial charge in [0.1, 0.15) is 0 Å². The smallest absolute Gasteiger partial charge is 0.407 e. The van der Waals surface area contributed by atoms with E-state index in [4.69, 9.17) is 4.74 Å². The first-order valence-corrected chi connectivity index (χ1v) is 5.53. The van der Waals surface area contributed by atoms with Gasteiger partial charge in [0, 0.05) is 12.2 Å². The van der Waals surface area contributed by atoms with Crippen molar-refractivity contribution in [3.05, 3.63) is 17.5 Å². The molecule has 0 unspecified atom stereocenters. The molecule has 0 aliphatic rings. The molecule has 0 spiro atoms. The molecule has 1 aromatic rings. The molecule has 0 aromatic carbocycles. The Morgan fingerprint density at radius 3 is 2.94 bits per heavy atom. The van der Waals surface area contributed by atoms with Gasteiger partial charge in [-0.2, -0.15) is 5.10 Å². The number of aromatic nitrogens is 2. The molecular weight excluding hydrogens is 206 g/mol. The van der Waals surface area contributed by atoms with Gasteiger partial charge in [0.15, 0.2) is 0 Å². The van der Waals surface area contributed by atoms with Crippen molar-refractivity contribution in [2.45, 2.75) is 39.7 Å². The number of amides is 1. The quantitative estimate of drug-likeness (QED) is 0.751. The van der Waals surface area contributed by atoms with E-state index < -0.39 is 0 Å². The molecule has 0 saturated heterocycles. The third kappa shape index (κ3) is 4.33. The molecule has 1 rings (SSSR count). The van der Waals surface area contributed by atoms with Crippen LogP contribution >= 0.6 is 0 Å². The lowest BCUT2D eigenvalue weighted by Crippen LogP contribution is -2.27. The Hall–Kier alpha value is -1.52. The third-order valence-electron chi connectivity index (χ3n) is 2.17. The van der Waals surface area contributed by atoms with Crippen LogP contribution < -0.4 is 5.32 Å². The lowest BCUT2D eigenvalue weighted by atomic mass is 10.1. The average molecular weight is 225 g/mol. The number of H-pyrrole nitrogens is 1. The van der Waals surface area contributed by atoms with Crippen molar-refractivity contribution in [3.8, 4) is 0 Å². The van der Waals surface area contributed by atoms with E-state index in [0.29, 0.717) is 6.54 Å². The molecule has 0 aliphatic heterocycles. The van der Waals surface area contributed by atoms with Gasteiger partial charge in [0.05, 0.1) is 12.3 Å². The zero-order chi connectivity index (χ0) is 12.0. The van der Waals surface area contributed by atoms with Crippen molar-refractivity contribution in [2.24, 2.45) is 0 Å². The summed E-state index contributed by atoms with van der Waals surface area (Å²) in [5, 5.41) is 9.52. The maximum atomic E-state index is 11.1. The number of nitrogens with zero attached hydrogens (tertiary/aromatic N) is 1. The van der Waals surface area contributed by atoms with Gasteiger partial charge >= 0.3 is 6.09 Å². The fourth-order valence-electron chi connectivity index (χ4n) is 1.35. The van der Waals surface area contributed by atoms with Crippen molar-refractivity contribution in [2.75, 3.05) is 6.54 Å². The van der Waals surface area contributed by atoms with E-state index in [2.05, 4.69) is 15.5 Å². The fourth-order valence-corrected chi connectivity index (χ4v) is 1.35. The first kappa shape index (κ1) is 12.5. The maximum Gasteiger partial charge on any atom is 0.407 e. The van der Waals surface area contributed by atoms with Crippen LogP contribution in [0.5, 0.6) is 0 Å². The van der Waals surface area contributed by atoms with E-state index >= 15 is 0 Å². The van der Waals surface area contributed by atoms with Crippen LogP contribution in [0.3, 0.4) is 0 Å². The normalized spacial score (nSPS) is 10.5. The first-order valence-electron chi connectivity index (χ1n) is 5.53. The Kier molecular flexibility index (Phi) is 4.82. The number of ether oxygens (including phenoxy) is 1. The number of hydrogen-bond donors (Lipinski definition) is 2. The van der Waals surface area contributed by atoms with E-state index in [-0.39, 0.29) is 12.2 Å². The number of nitrogens with one attached hydrogen (secondary N) is 2. The zero-order valence-electron chi connectivity index (χ0n) is 10.0. The van der Waals surface area contributed by atoms with Crippen molar-refractivity contribution in [1.29, 1.82) is 0 Å². The van der Waals surface area contributed by atoms with Gasteiger partial charge < -0.3 is 10.1 Å². The monoisotopic (exact) mass is 225 g/mol. The van der Waals surface area contributed by atoms with Crippen LogP contribution in [0, 0.1) is 6.92 Å². The predicted molar refractivity (Wildman–Crippen MR) is 61.3 cm³/mol. The molecule has 0 fully saturated rings. The molecule has 16 heavy (non-hydrogen) atoms. The van der Waals surface area contributed by atoms with E-state index in [0.717, 1.165) is 18.5 Å². The van der Waals surface area contributed by atoms with E-state index in [1.165, 1.54) is 5.56 Å². The summed E-state index contributed by atoms with van der Waals surface area (Å²) < 4.78 is 4.94. The molecule has 0 atom stereocenters. The lowest BCUT2D eigenvalue weighted by molar-refractivity contribution is 0.115. The minimum Gasteiger partial charge on any atom is -0.447 e. The number of aromatic amines is 1. The molecule has 0 saturated carbocycles. The lowest BCUT2D eigenvalue weighted by Gasteiger charge is -2.08. The van der Waals surface area contributed by atoms with Gasteiger partial charge in [-0.25, -0.2) is 4.79 Å². The molecule has 5 nitrogen and oxygen atoms in total. The molecule has 0 bridgehead atoms.